The third kappa shape index (κ3) is 7.84. The van der Waals surface area contributed by atoms with Crippen LogP contribution in [0.1, 0.15) is 0 Å². The zero-order chi connectivity index (χ0) is 21.2. The standard InChI is InChI=1S/C20H24N4O4S/c1-24(11-19(26)22-14-7-9-15(28-2)10-8-14)12-20(27)23-16-5-3-4-6-17(16)29-13-18(21)25/h3-10H,11-13H2,1-2H3,(H2,21,25)(H,22,26)(H,23,27)/p+1. The predicted octanol–water partition coefficient (Wildman–Crippen LogP) is 0.365. The maximum Gasteiger partial charge on any atom is 0.279 e. The van der Waals surface area contributed by atoms with E-state index < -0.39 is 5.91 Å². The molecule has 29 heavy (non-hydrogen) atoms. The predicted molar refractivity (Wildman–Crippen MR) is 113 cm³/mol. The number of carbonyl (C=O) groups is 3. The highest BCUT2D eigenvalue weighted by molar-refractivity contribution is 8.00. The highest BCUT2D eigenvalue weighted by Gasteiger charge is 2.16. The molecule has 154 valence electrons. The number of amides is 3. The minimum atomic E-state index is -0.428. The molecule has 0 radical (unpaired) electrons. The van der Waals surface area contributed by atoms with Crippen LogP contribution < -0.4 is 26.0 Å². The number of hydrogen-bond acceptors (Lipinski definition) is 5. The van der Waals surface area contributed by atoms with Crippen molar-refractivity contribution in [2.75, 3.05) is 43.6 Å². The van der Waals surface area contributed by atoms with E-state index in [-0.39, 0.29) is 30.7 Å². The highest BCUT2D eigenvalue weighted by Crippen LogP contribution is 2.26. The quantitative estimate of drug-likeness (QED) is 0.417. The van der Waals surface area contributed by atoms with Crippen molar-refractivity contribution in [3.8, 4) is 5.75 Å². The van der Waals surface area contributed by atoms with E-state index in [0.717, 1.165) is 9.80 Å². The molecular weight excluding hydrogens is 392 g/mol. The maximum absolute atomic E-state index is 12.3. The van der Waals surface area contributed by atoms with Crippen LogP contribution in [0.4, 0.5) is 11.4 Å². The Morgan fingerprint density at radius 2 is 1.62 bits per heavy atom. The normalized spacial score (nSPS) is 11.4. The summed E-state index contributed by atoms with van der Waals surface area (Å²) in [4.78, 5) is 37.0. The molecule has 0 saturated carbocycles. The summed E-state index contributed by atoms with van der Waals surface area (Å²) in [5.41, 5.74) is 6.45. The number of thioether (sulfide) groups is 1. The Labute approximate surface area is 173 Å². The third-order valence-electron chi connectivity index (χ3n) is 3.83. The molecule has 5 N–H and O–H groups in total. The summed E-state index contributed by atoms with van der Waals surface area (Å²) in [6, 6.07) is 14.2. The van der Waals surface area contributed by atoms with Gasteiger partial charge < -0.3 is 26.0 Å². The van der Waals surface area contributed by atoms with E-state index in [1.807, 2.05) is 12.1 Å². The zero-order valence-corrected chi connectivity index (χ0v) is 17.2. The SMILES string of the molecule is COc1ccc(NC(=O)C[NH+](C)CC(=O)Nc2ccccc2SCC(N)=O)cc1. The molecule has 0 fully saturated rings. The van der Waals surface area contributed by atoms with Crippen LogP contribution in [0.15, 0.2) is 53.4 Å². The number of nitrogens with one attached hydrogen (secondary N) is 3. The minimum Gasteiger partial charge on any atom is -0.497 e. The molecule has 9 heteroatoms. The van der Waals surface area contributed by atoms with Gasteiger partial charge in [-0.25, -0.2) is 0 Å². The van der Waals surface area contributed by atoms with Crippen LogP contribution in [0.3, 0.4) is 0 Å². The number of carbonyl (C=O) groups excluding carboxylic acids is 3. The van der Waals surface area contributed by atoms with E-state index in [9.17, 15) is 14.4 Å². The molecule has 0 aliphatic rings. The van der Waals surface area contributed by atoms with Gasteiger partial charge >= 0.3 is 0 Å². The molecule has 8 nitrogen and oxygen atoms in total. The summed E-state index contributed by atoms with van der Waals surface area (Å²) in [5, 5.41) is 5.61. The lowest BCUT2D eigenvalue weighted by Crippen LogP contribution is -3.11. The Morgan fingerprint density at radius 3 is 2.24 bits per heavy atom. The molecule has 1 unspecified atom stereocenters. The minimum absolute atomic E-state index is 0.116. The van der Waals surface area contributed by atoms with E-state index in [1.165, 1.54) is 11.8 Å². The first kappa shape index (κ1) is 22.3. The monoisotopic (exact) mass is 417 g/mol. The fourth-order valence-electron chi connectivity index (χ4n) is 2.53. The summed E-state index contributed by atoms with van der Waals surface area (Å²) in [6.07, 6.45) is 0. The number of quaternary nitrogens is 1. The van der Waals surface area contributed by atoms with Crippen molar-refractivity contribution in [2.24, 2.45) is 5.73 Å². The first-order valence-corrected chi connectivity index (χ1v) is 9.91. The van der Waals surface area contributed by atoms with Crippen molar-refractivity contribution in [1.29, 1.82) is 0 Å². The topological polar surface area (TPSA) is 115 Å². The lowest BCUT2D eigenvalue weighted by atomic mass is 10.3. The van der Waals surface area contributed by atoms with Crippen molar-refractivity contribution < 1.29 is 24.0 Å². The van der Waals surface area contributed by atoms with Gasteiger partial charge in [0.25, 0.3) is 11.8 Å². The van der Waals surface area contributed by atoms with Crippen LogP contribution in [0.5, 0.6) is 5.75 Å². The average Bonchev–Trinajstić information content (AvgIpc) is 2.67. The number of primary amides is 1. The maximum atomic E-state index is 12.3. The molecule has 2 aromatic rings. The number of benzene rings is 2. The van der Waals surface area contributed by atoms with E-state index in [0.29, 0.717) is 17.1 Å². The summed E-state index contributed by atoms with van der Waals surface area (Å²) in [7, 11) is 3.34. The number of hydrogen-bond donors (Lipinski definition) is 4. The molecule has 0 spiro atoms. The molecule has 0 heterocycles. The van der Waals surface area contributed by atoms with Gasteiger partial charge in [-0.15, -0.1) is 11.8 Å². The Kier molecular flexibility index (Phi) is 8.50. The molecule has 2 rings (SSSR count). The average molecular weight is 418 g/mol. The van der Waals surface area contributed by atoms with Crippen molar-refractivity contribution in [2.45, 2.75) is 4.90 Å². The molecule has 3 amide bonds. The number of rotatable bonds is 10. The number of methoxy groups -OCH3 is 1. The summed E-state index contributed by atoms with van der Waals surface area (Å²) < 4.78 is 5.08. The molecule has 0 bridgehead atoms. The molecule has 1 atom stereocenters. The van der Waals surface area contributed by atoms with E-state index in [2.05, 4.69) is 10.6 Å². The van der Waals surface area contributed by atoms with Crippen LogP contribution in [-0.4, -0.2) is 50.7 Å². The summed E-state index contributed by atoms with van der Waals surface area (Å²) in [6.45, 7) is 0.252. The van der Waals surface area contributed by atoms with Gasteiger partial charge in [0.2, 0.25) is 5.91 Å². The van der Waals surface area contributed by atoms with Gasteiger partial charge in [0.15, 0.2) is 13.1 Å². The molecule has 0 aromatic heterocycles. The second-order valence-corrected chi connectivity index (χ2v) is 7.40. The highest BCUT2D eigenvalue weighted by atomic mass is 32.2. The smallest absolute Gasteiger partial charge is 0.279 e. The summed E-state index contributed by atoms with van der Waals surface area (Å²) >= 11 is 1.26. The second-order valence-electron chi connectivity index (χ2n) is 6.39. The Bertz CT molecular complexity index is 858. The van der Waals surface area contributed by atoms with Crippen LogP contribution in [0.2, 0.25) is 0 Å². The molecule has 2 aromatic carbocycles. The van der Waals surface area contributed by atoms with Gasteiger partial charge in [0.1, 0.15) is 5.75 Å². The summed E-state index contributed by atoms with van der Waals surface area (Å²) in [5.74, 6) is -0.0200. The Morgan fingerprint density at radius 1 is 1.00 bits per heavy atom. The molecule has 0 saturated heterocycles. The lowest BCUT2D eigenvalue weighted by Gasteiger charge is -2.15. The second kappa shape index (κ2) is 11.1. The van der Waals surface area contributed by atoms with Crippen molar-refractivity contribution >= 4 is 40.9 Å². The first-order valence-electron chi connectivity index (χ1n) is 8.92. The molecular formula is C20H25N4O4S+. The van der Waals surface area contributed by atoms with Crippen molar-refractivity contribution in [1.82, 2.24) is 0 Å². The Balaban J connectivity index is 1.84. The number of anilines is 2. The van der Waals surface area contributed by atoms with Gasteiger partial charge in [-0.3, -0.25) is 14.4 Å². The fraction of sp³-hybridized carbons (Fsp3) is 0.250. The van der Waals surface area contributed by atoms with Crippen LogP contribution in [0.25, 0.3) is 0 Å². The van der Waals surface area contributed by atoms with E-state index in [1.54, 1.807) is 50.6 Å². The number of likely N-dealkylation sites (N-methyl/N-ethyl adjacent to an activating group) is 1. The molecule has 0 aliphatic heterocycles. The molecule has 0 aliphatic carbocycles. The van der Waals surface area contributed by atoms with Gasteiger partial charge in [-0.05, 0) is 36.4 Å². The van der Waals surface area contributed by atoms with E-state index >= 15 is 0 Å². The number of ether oxygens (including phenoxy) is 1. The van der Waals surface area contributed by atoms with Crippen LogP contribution in [-0.2, 0) is 14.4 Å². The number of nitrogens with two attached hydrogens (primary N) is 1. The van der Waals surface area contributed by atoms with Crippen LogP contribution >= 0.6 is 11.8 Å². The lowest BCUT2D eigenvalue weighted by molar-refractivity contribution is -0.862. The fourth-order valence-corrected chi connectivity index (χ4v) is 3.28. The van der Waals surface area contributed by atoms with Crippen LogP contribution in [0, 0.1) is 0 Å². The van der Waals surface area contributed by atoms with Gasteiger partial charge in [-0.1, -0.05) is 12.1 Å². The van der Waals surface area contributed by atoms with Crippen molar-refractivity contribution in [3.63, 3.8) is 0 Å². The zero-order valence-electron chi connectivity index (χ0n) is 16.4. The number of para-hydroxylation sites is 1. The van der Waals surface area contributed by atoms with Gasteiger partial charge in [-0.2, -0.15) is 0 Å². The Hall–Kier alpha value is -3.04. The third-order valence-corrected chi connectivity index (χ3v) is 4.93. The van der Waals surface area contributed by atoms with E-state index in [4.69, 9.17) is 10.5 Å². The van der Waals surface area contributed by atoms with Gasteiger partial charge in [0, 0.05) is 10.6 Å². The largest absolute Gasteiger partial charge is 0.497 e. The van der Waals surface area contributed by atoms with Gasteiger partial charge in [0.05, 0.1) is 25.6 Å². The van der Waals surface area contributed by atoms with Crippen molar-refractivity contribution in [3.05, 3.63) is 48.5 Å². The first-order chi connectivity index (χ1) is 13.9.